The van der Waals surface area contributed by atoms with Crippen LogP contribution < -0.4 is 0 Å². The highest BCUT2D eigenvalue weighted by atomic mass is 35.5. The minimum absolute atomic E-state index is 0.106. The van der Waals surface area contributed by atoms with Gasteiger partial charge in [0.2, 0.25) is 0 Å². The van der Waals surface area contributed by atoms with Crippen LogP contribution in [0.2, 0.25) is 0 Å². The maximum Gasteiger partial charge on any atom is 0.272 e. The molecule has 0 spiro atoms. The van der Waals surface area contributed by atoms with E-state index in [-0.39, 0.29) is 10.6 Å². The molecule has 0 bridgehead atoms. The lowest BCUT2D eigenvalue weighted by atomic mass is 10.1. The van der Waals surface area contributed by atoms with Gasteiger partial charge in [0, 0.05) is 16.7 Å². The molecule has 0 aliphatic carbocycles. The summed E-state index contributed by atoms with van der Waals surface area (Å²) >= 11 is 5.62. The van der Waals surface area contributed by atoms with E-state index in [0.29, 0.717) is 10.6 Å². The first-order chi connectivity index (χ1) is 6.90. The summed E-state index contributed by atoms with van der Waals surface area (Å²) in [7, 11) is 0. The molecule has 0 radical (unpaired) electrons. The van der Waals surface area contributed by atoms with Gasteiger partial charge in [-0.3, -0.25) is 10.1 Å². The molecule has 0 atom stereocenters. The van der Waals surface area contributed by atoms with E-state index < -0.39 is 0 Å². The normalized spacial score (nSPS) is 15.0. The summed E-state index contributed by atoms with van der Waals surface area (Å²) in [6, 6.07) is 0. The average molecular weight is 230 g/mol. The quantitative estimate of drug-likeness (QED) is 0.415. The van der Waals surface area contributed by atoms with Gasteiger partial charge in [0.1, 0.15) is 0 Å². The summed E-state index contributed by atoms with van der Waals surface area (Å²) in [6.07, 6.45) is 3.78. The fourth-order valence-electron chi connectivity index (χ4n) is 1.00. The minimum Gasteiger partial charge on any atom is -0.258 e. The molecule has 0 aromatic carbocycles. The first kappa shape index (κ1) is 13.9. The second-order valence-corrected chi connectivity index (χ2v) is 3.92. The van der Waals surface area contributed by atoms with Crippen molar-refractivity contribution in [2.45, 2.75) is 34.1 Å². The van der Waals surface area contributed by atoms with Crippen LogP contribution in [0.5, 0.6) is 0 Å². The third kappa shape index (κ3) is 4.79. The van der Waals surface area contributed by atoms with E-state index >= 15 is 0 Å². The molecule has 3 nitrogen and oxygen atoms in total. The smallest absolute Gasteiger partial charge is 0.258 e. The van der Waals surface area contributed by atoms with Crippen molar-refractivity contribution in [1.29, 1.82) is 0 Å². The summed E-state index contributed by atoms with van der Waals surface area (Å²) < 4.78 is 0. The van der Waals surface area contributed by atoms with Crippen molar-refractivity contribution in [3.05, 3.63) is 44.1 Å². The van der Waals surface area contributed by atoms with Gasteiger partial charge in [-0.05, 0) is 33.3 Å². The van der Waals surface area contributed by atoms with E-state index in [9.17, 15) is 10.1 Å². The van der Waals surface area contributed by atoms with Crippen LogP contribution in [0.3, 0.4) is 0 Å². The Bertz CT molecular complexity index is 336. The van der Waals surface area contributed by atoms with Crippen LogP contribution >= 0.6 is 11.6 Å². The molecule has 0 aliphatic heterocycles. The van der Waals surface area contributed by atoms with Gasteiger partial charge in [0.15, 0.2) is 0 Å². The van der Waals surface area contributed by atoms with E-state index in [2.05, 4.69) is 0 Å². The van der Waals surface area contributed by atoms with Gasteiger partial charge in [0.05, 0.1) is 4.92 Å². The maximum absolute atomic E-state index is 10.8. The molecule has 84 valence electrons. The van der Waals surface area contributed by atoms with Crippen molar-refractivity contribution < 1.29 is 4.92 Å². The van der Waals surface area contributed by atoms with Gasteiger partial charge in [-0.15, -0.1) is 0 Å². The van der Waals surface area contributed by atoms with Gasteiger partial charge < -0.3 is 0 Å². The van der Waals surface area contributed by atoms with Crippen LogP contribution in [0.4, 0.5) is 0 Å². The molecule has 0 aliphatic rings. The summed E-state index contributed by atoms with van der Waals surface area (Å²) in [5, 5.41) is 11.3. The zero-order valence-electron chi connectivity index (χ0n) is 9.50. The largest absolute Gasteiger partial charge is 0.272 e. The Hall–Kier alpha value is -1.09. The van der Waals surface area contributed by atoms with E-state index in [1.54, 1.807) is 13.8 Å². The predicted octanol–water partition coefficient (Wildman–Crippen LogP) is 4.04. The Kier molecular flexibility index (Phi) is 5.94. The van der Waals surface area contributed by atoms with Crippen molar-refractivity contribution in [1.82, 2.24) is 0 Å². The van der Waals surface area contributed by atoms with E-state index in [0.717, 1.165) is 12.0 Å². The molecule has 4 heteroatoms. The number of hydrogen-bond acceptors (Lipinski definition) is 2. The molecule has 0 heterocycles. The van der Waals surface area contributed by atoms with Gasteiger partial charge in [0.25, 0.3) is 5.70 Å². The number of rotatable bonds is 4. The van der Waals surface area contributed by atoms with Crippen molar-refractivity contribution in [2.75, 3.05) is 0 Å². The topological polar surface area (TPSA) is 43.1 Å². The monoisotopic (exact) mass is 229 g/mol. The van der Waals surface area contributed by atoms with Crippen LogP contribution in [0.25, 0.3) is 0 Å². The Morgan fingerprint density at radius 1 is 1.33 bits per heavy atom. The molecular formula is C11H16ClNO2. The molecule has 0 rings (SSSR count). The molecule has 0 saturated heterocycles. The lowest BCUT2D eigenvalue weighted by Gasteiger charge is -2.02. The molecular weight excluding hydrogens is 214 g/mol. The number of nitrogens with zero attached hydrogens (tertiary/aromatic N) is 1. The number of allylic oxidation sites excluding steroid dienone is 5. The van der Waals surface area contributed by atoms with E-state index in [1.165, 1.54) is 12.2 Å². The van der Waals surface area contributed by atoms with Gasteiger partial charge in [-0.25, -0.2) is 0 Å². The zero-order chi connectivity index (χ0) is 12.0. The Morgan fingerprint density at radius 3 is 2.20 bits per heavy atom. The zero-order valence-corrected chi connectivity index (χ0v) is 10.3. The van der Waals surface area contributed by atoms with Crippen LogP contribution in [0.15, 0.2) is 34.0 Å². The molecule has 15 heavy (non-hydrogen) atoms. The fraction of sp³-hybridized carbons (Fsp3) is 0.455. The molecule has 0 aromatic rings. The summed E-state index contributed by atoms with van der Waals surface area (Å²) in [4.78, 5) is 10.4. The minimum atomic E-state index is -0.384. The number of hydrogen-bond donors (Lipinski definition) is 0. The van der Waals surface area contributed by atoms with E-state index in [1.807, 2.05) is 13.8 Å². The SMILES string of the molecule is CC/C(C)=C(C)/C(=C\C=C(/C)Cl)[N+](=O)[O-]. The lowest BCUT2D eigenvalue weighted by Crippen LogP contribution is -2.01. The maximum atomic E-state index is 10.8. The third-order valence-electron chi connectivity index (χ3n) is 2.22. The first-order valence-corrected chi connectivity index (χ1v) is 5.13. The molecule has 0 unspecified atom stereocenters. The average Bonchev–Trinajstić information content (AvgIpc) is 2.15. The third-order valence-corrected chi connectivity index (χ3v) is 2.35. The number of nitro groups is 1. The van der Waals surface area contributed by atoms with Crippen LogP contribution in [-0.2, 0) is 0 Å². The summed E-state index contributed by atoms with van der Waals surface area (Å²) in [5.41, 5.74) is 1.82. The van der Waals surface area contributed by atoms with E-state index in [4.69, 9.17) is 11.6 Å². The van der Waals surface area contributed by atoms with Crippen molar-refractivity contribution >= 4 is 11.6 Å². The van der Waals surface area contributed by atoms with Crippen LogP contribution in [0.1, 0.15) is 34.1 Å². The molecule has 0 fully saturated rings. The Balaban J connectivity index is 5.26. The molecule has 0 aromatic heterocycles. The van der Waals surface area contributed by atoms with Crippen LogP contribution in [-0.4, -0.2) is 4.92 Å². The second kappa shape index (κ2) is 6.40. The summed E-state index contributed by atoms with van der Waals surface area (Å²) in [6.45, 7) is 7.30. The van der Waals surface area contributed by atoms with Gasteiger partial charge >= 0.3 is 0 Å². The van der Waals surface area contributed by atoms with Crippen molar-refractivity contribution in [3.8, 4) is 0 Å². The number of halogens is 1. The highest BCUT2D eigenvalue weighted by molar-refractivity contribution is 6.29. The highest BCUT2D eigenvalue weighted by Gasteiger charge is 2.13. The second-order valence-electron chi connectivity index (χ2n) is 3.32. The molecule has 0 amide bonds. The Morgan fingerprint density at radius 2 is 1.87 bits per heavy atom. The van der Waals surface area contributed by atoms with Crippen molar-refractivity contribution in [3.63, 3.8) is 0 Å². The van der Waals surface area contributed by atoms with Crippen molar-refractivity contribution in [2.24, 2.45) is 0 Å². The van der Waals surface area contributed by atoms with Gasteiger partial charge in [-0.1, -0.05) is 24.1 Å². The Labute approximate surface area is 95.3 Å². The van der Waals surface area contributed by atoms with Crippen LogP contribution in [0, 0.1) is 10.1 Å². The van der Waals surface area contributed by atoms with Gasteiger partial charge in [-0.2, -0.15) is 0 Å². The predicted molar refractivity (Wildman–Crippen MR) is 63.4 cm³/mol. The first-order valence-electron chi connectivity index (χ1n) is 4.75. The fourth-order valence-corrected chi connectivity index (χ4v) is 1.06. The summed E-state index contributed by atoms with van der Waals surface area (Å²) in [5.74, 6) is 0. The standard InChI is InChI=1S/C11H16ClNO2/c1-5-8(2)10(4)11(13(14)15)7-6-9(3)12/h6-7H,5H2,1-4H3/b9-6+,10-8+,11-7+. The molecule has 0 saturated carbocycles. The molecule has 0 N–H and O–H groups in total. The lowest BCUT2D eigenvalue weighted by molar-refractivity contribution is -0.420. The highest BCUT2D eigenvalue weighted by Crippen LogP contribution is 2.17.